The molecule has 198 valence electrons. The molecule has 0 radical (unpaired) electrons. The summed E-state index contributed by atoms with van der Waals surface area (Å²) in [5, 5.41) is 0. The van der Waals surface area contributed by atoms with E-state index in [4.69, 9.17) is 9.47 Å². The number of methoxy groups -OCH3 is 1. The number of ether oxygens (including phenoxy) is 3. The second-order valence-electron chi connectivity index (χ2n) is 9.41. The zero-order chi connectivity index (χ0) is 26.1. The molecule has 0 N–H and O–H groups in total. The minimum absolute atomic E-state index is 0.283. The van der Waals surface area contributed by atoms with E-state index in [1.807, 2.05) is 42.5 Å². The Kier molecular flexibility index (Phi) is 12.5. The van der Waals surface area contributed by atoms with Crippen LogP contribution in [0.1, 0.15) is 87.2 Å². The highest BCUT2D eigenvalue weighted by Gasteiger charge is 2.07. The largest absolute Gasteiger partial charge is 0.494 e. The lowest BCUT2D eigenvalue weighted by Gasteiger charge is -2.09. The van der Waals surface area contributed by atoms with Crippen LogP contribution in [0.2, 0.25) is 0 Å². The normalized spacial score (nSPS) is 10.8. The van der Waals surface area contributed by atoms with E-state index in [0.29, 0.717) is 6.61 Å². The monoisotopic (exact) mass is 503 g/mol. The summed E-state index contributed by atoms with van der Waals surface area (Å²) < 4.78 is 16.5. The molecule has 5 nitrogen and oxygen atoms in total. The number of pyridine rings is 1. The molecule has 0 fully saturated rings. The second-order valence-corrected chi connectivity index (χ2v) is 9.41. The maximum atomic E-state index is 11.5. The summed E-state index contributed by atoms with van der Waals surface area (Å²) in [6, 6.07) is 19.7. The lowest BCUT2D eigenvalue weighted by molar-refractivity contribution is 0.0594. The van der Waals surface area contributed by atoms with Crippen LogP contribution in [0, 0.1) is 0 Å². The Hall–Kier alpha value is -3.34. The van der Waals surface area contributed by atoms with Gasteiger partial charge in [-0.05, 0) is 47.9 Å². The highest BCUT2D eigenvalue weighted by molar-refractivity contribution is 5.86. The van der Waals surface area contributed by atoms with Gasteiger partial charge in [0.2, 0.25) is 0 Å². The summed E-state index contributed by atoms with van der Waals surface area (Å²) in [5.41, 5.74) is 3.43. The van der Waals surface area contributed by atoms with Crippen molar-refractivity contribution in [3.63, 3.8) is 0 Å². The minimum atomic E-state index is -0.447. The van der Waals surface area contributed by atoms with E-state index >= 15 is 0 Å². The average molecular weight is 504 g/mol. The molecule has 3 rings (SSSR count). The average Bonchev–Trinajstić information content (AvgIpc) is 2.95. The van der Waals surface area contributed by atoms with Crippen molar-refractivity contribution in [2.24, 2.45) is 0 Å². The van der Waals surface area contributed by atoms with Gasteiger partial charge in [-0.1, -0.05) is 95.0 Å². The van der Waals surface area contributed by atoms with Crippen molar-refractivity contribution in [3.8, 4) is 22.6 Å². The first-order valence-corrected chi connectivity index (χ1v) is 13.7. The summed E-state index contributed by atoms with van der Waals surface area (Å²) >= 11 is 0. The molecule has 0 saturated heterocycles. The van der Waals surface area contributed by atoms with Gasteiger partial charge < -0.3 is 14.2 Å². The van der Waals surface area contributed by atoms with Gasteiger partial charge in [0.05, 0.1) is 13.7 Å². The van der Waals surface area contributed by atoms with Crippen molar-refractivity contribution >= 4 is 5.97 Å². The third kappa shape index (κ3) is 10.3. The van der Waals surface area contributed by atoms with Crippen LogP contribution in [-0.4, -0.2) is 24.7 Å². The molecule has 0 aliphatic carbocycles. The van der Waals surface area contributed by atoms with Crippen LogP contribution >= 0.6 is 0 Å². The van der Waals surface area contributed by atoms with E-state index in [2.05, 4.69) is 28.8 Å². The highest BCUT2D eigenvalue weighted by atomic mass is 16.5. The first-order chi connectivity index (χ1) is 18.2. The van der Waals surface area contributed by atoms with Gasteiger partial charge in [-0.2, -0.15) is 0 Å². The Balaban J connectivity index is 1.33. The quantitative estimate of drug-likeness (QED) is 0.137. The number of hydrogen-bond acceptors (Lipinski definition) is 5. The molecule has 0 saturated carbocycles. The van der Waals surface area contributed by atoms with E-state index in [9.17, 15) is 4.79 Å². The van der Waals surface area contributed by atoms with Gasteiger partial charge in [0, 0.05) is 11.8 Å². The van der Waals surface area contributed by atoms with Crippen LogP contribution in [0.5, 0.6) is 11.5 Å². The molecule has 37 heavy (non-hydrogen) atoms. The molecule has 3 aromatic rings. The molecular weight excluding hydrogens is 462 g/mol. The van der Waals surface area contributed by atoms with E-state index in [1.165, 1.54) is 64.9 Å². The van der Waals surface area contributed by atoms with Crippen molar-refractivity contribution in [1.82, 2.24) is 4.98 Å². The number of unbranched alkanes of at least 4 members (excludes halogenated alkanes) is 9. The van der Waals surface area contributed by atoms with E-state index in [-0.39, 0.29) is 5.69 Å². The Morgan fingerprint density at radius 1 is 0.676 bits per heavy atom. The Morgan fingerprint density at radius 3 is 1.73 bits per heavy atom. The van der Waals surface area contributed by atoms with Crippen molar-refractivity contribution in [2.45, 2.75) is 77.7 Å². The fraction of sp³-hybridized carbons (Fsp3) is 0.438. The fourth-order valence-electron chi connectivity index (χ4n) is 4.17. The molecule has 0 bridgehead atoms. The van der Waals surface area contributed by atoms with E-state index in [1.54, 1.807) is 12.3 Å². The van der Waals surface area contributed by atoms with Gasteiger partial charge >= 0.3 is 5.97 Å². The molecule has 0 amide bonds. The number of esters is 1. The topological polar surface area (TPSA) is 57.7 Å². The zero-order valence-electron chi connectivity index (χ0n) is 22.4. The number of rotatable bonds is 17. The third-order valence-corrected chi connectivity index (χ3v) is 6.43. The maximum absolute atomic E-state index is 11.5. The fourth-order valence-corrected chi connectivity index (χ4v) is 4.17. The standard InChI is InChI=1S/C32H41NO4/c1-3-4-5-6-7-8-9-10-11-12-23-36-29-18-14-27(15-19-29)28-16-20-30(21-17-28)37-25-26-13-22-31(33-24-26)32(34)35-2/h13-22,24H,3-12,23,25H2,1-2H3. The molecular formula is C32H41NO4. The van der Waals surface area contributed by atoms with Crippen LogP contribution in [0.15, 0.2) is 66.9 Å². The molecule has 0 aliphatic rings. The number of benzene rings is 2. The maximum Gasteiger partial charge on any atom is 0.356 e. The van der Waals surface area contributed by atoms with Gasteiger partial charge in [0.25, 0.3) is 0 Å². The van der Waals surface area contributed by atoms with Crippen LogP contribution in [-0.2, 0) is 11.3 Å². The Labute approximate surface area is 222 Å². The molecule has 1 heterocycles. The molecule has 5 heteroatoms. The predicted molar refractivity (Wildman–Crippen MR) is 149 cm³/mol. The van der Waals surface area contributed by atoms with Crippen molar-refractivity contribution in [3.05, 3.63) is 78.1 Å². The van der Waals surface area contributed by atoms with Gasteiger partial charge in [0.1, 0.15) is 23.8 Å². The van der Waals surface area contributed by atoms with Crippen LogP contribution in [0.3, 0.4) is 0 Å². The molecule has 0 spiro atoms. The first kappa shape index (κ1) is 28.2. The SMILES string of the molecule is CCCCCCCCCCCCOc1ccc(-c2ccc(OCc3ccc(C(=O)OC)nc3)cc2)cc1. The third-order valence-electron chi connectivity index (χ3n) is 6.43. The van der Waals surface area contributed by atoms with Crippen molar-refractivity contribution < 1.29 is 19.0 Å². The molecule has 1 aromatic heterocycles. The number of hydrogen-bond donors (Lipinski definition) is 0. The van der Waals surface area contributed by atoms with Crippen LogP contribution in [0.4, 0.5) is 0 Å². The smallest absolute Gasteiger partial charge is 0.356 e. The number of nitrogens with zero attached hydrogens (tertiary/aromatic N) is 1. The van der Waals surface area contributed by atoms with Gasteiger partial charge in [0.15, 0.2) is 0 Å². The number of carbonyl (C=O) groups is 1. The minimum Gasteiger partial charge on any atom is -0.494 e. The van der Waals surface area contributed by atoms with Crippen molar-refractivity contribution in [2.75, 3.05) is 13.7 Å². The van der Waals surface area contributed by atoms with Gasteiger partial charge in [-0.25, -0.2) is 9.78 Å². The predicted octanol–water partition coefficient (Wildman–Crippen LogP) is 8.41. The molecule has 0 unspecified atom stereocenters. The van der Waals surface area contributed by atoms with E-state index in [0.717, 1.165) is 41.2 Å². The van der Waals surface area contributed by atoms with Crippen molar-refractivity contribution in [1.29, 1.82) is 0 Å². The zero-order valence-corrected chi connectivity index (χ0v) is 22.4. The summed E-state index contributed by atoms with van der Waals surface area (Å²) in [5.74, 6) is 1.25. The Bertz CT molecular complexity index is 1030. The Morgan fingerprint density at radius 2 is 1.22 bits per heavy atom. The van der Waals surface area contributed by atoms with E-state index < -0.39 is 5.97 Å². The lowest BCUT2D eigenvalue weighted by atomic mass is 10.1. The molecule has 0 atom stereocenters. The number of carbonyl (C=O) groups excluding carboxylic acids is 1. The summed E-state index contributed by atoms with van der Waals surface area (Å²) in [4.78, 5) is 15.6. The van der Waals surface area contributed by atoms with Gasteiger partial charge in [-0.15, -0.1) is 0 Å². The summed E-state index contributed by atoms with van der Waals surface area (Å²) in [6.07, 6.45) is 14.9. The number of aromatic nitrogens is 1. The molecule has 2 aromatic carbocycles. The second kappa shape index (κ2) is 16.4. The summed E-state index contributed by atoms with van der Waals surface area (Å²) in [6.45, 7) is 3.42. The first-order valence-electron chi connectivity index (χ1n) is 13.7. The van der Waals surface area contributed by atoms with Crippen LogP contribution in [0.25, 0.3) is 11.1 Å². The highest BCUT2D eigenvalue weighted by Crippen LogP contribution is 2.25. The van der Waals surface area contributed by atoms with Crippen LogP contribution < -0.4 is 9.47 Å². The summed E-state index contributed by atoms with van der Waals surface area (Å²) in [7, 11) is 1.34. The van der Waals surface area contributed by atoms with Gasteiger partial charge in [-0.3, -0.25) is 0 Å². The molecule has 0 aliphatic heterocycles. The lowest BCUT2D eigenvalue weighted by Crippen LogP contribution is -2.05.